The second-order valence-corrected chi connectivity index (χ2v) is 29.4. The van der Waals surface area contributed by atoms with E-state index in [1.54, 1.807) is 0 Å². The van der Waals surface area contributed by atoms with Crippen molar-refractivity contribution in [2.45, 2.75) is 437 Å². The Labute approximate surface area is 579 Å². The summed E-state index contributed by atoms with van der Waals surface area (Å²) in [6, 6.07) is 0. The zero-order valence-electron chi connectivity index (χ0n) is 62.9. The Kier molecular flexibility index (Phi) is 73.3. The fraction of sp³-hybridized carbons (Fsp3) is 0.893. The molecule has 0 amide bonds. The largest absolute Gasteiger partial charge is 0.545 e. The molecule has 0 fully saturated rings. The van der Waals surface area contributed by atoms with Gasteiger partial charge in [-0.25, -0.2) is 0 Å². The highest BCUT2D eigenvalue weighted by molar-refractivity contribution is 5.70. The van der Waals surface area contributed by atoms with E-state index >= 15 is 0 Å². The molecule has 0 N–H and O–H groups in total. The van der Waals surface area contributed by atoms with Gasteiger partial charge in [-0.2, -0.15) is 0 Å². The Morgan fingerprint density at radius 3 is 0.860 bits per heavy atom. The van der Waals surface area contributed by atoms with Crippen LogP contribution in [0.25, 0.3) is 0 Å². The maximum absolute atomic E-state index is 13.0. The Hall–Kier alpha value is -2.49. The van der Waals surface area contributed by atoms with E-state index in [1.807, 2.05) is 21.1 Å². The number of hydrogen-bond acceptors (Lipinski definition) is 8. The number of carboxylic acid groups (broad SMARTS) is 1. The van der Waals surface area contributed by atoms with Crippen molar-refractivity contribution in [3.63, 3.8) is 0 Å². The first kappa shape index (κ1) is 90.5. The number of hydrogen-bond donors (Lipinski definition) is 0. The van der Waals surface area contributed by atoms with Gasteiger partial charge in [0.05, 0.1) is 40.3 Å². The third-order valence-corrected chi connectivity index (χ3v) is 18.9. The summed E-state index contributed by atoms with van der Waals surface area (Å²) in [4.78, 5) is 37.6. The molecule has 2 atom stereocenters. The molecular weight excluding hydrogens is 1150 g/mol. The van der Waals surface area contributed by atoms with Crippen molar-refractivity contribution >= 4 is 17.9 Å². The lowest BCUT2D eigenvalue weighted by atomic mass is 10.0. The van der Waals surface area contributed by atoms with Crippen molar-refractivity contribution < 1.29 is 42.9 Å². The molecular formula is C84H159NO8. The number of quaternary nitrogens is 1. The summed E-state index contributed by atoms with van der Waals surface area (Å²) in [6.45, 7) is 4.82. The Bertz CT molecular complexity index is 1620. The molecule has 0 aliphatic rings. The molecule has 0 aromatic carbocycles. The quantitative estimate of drug-likeness (QED) is 0.0195. The third kappa shape index (κ3) is 76.7. The summed E-state index contributed by atoms with van der Waals surface area (Å²) in [5, 5.41) is 11.9. The number of rotatable bonds is 78. The van der Waals surface area contributed by atoms with Crippen LogP contribution in [0.3, 0.4) is 0 Å². The molecule has 0 aliphatic carbocycles. The predicted octanol–water partition coefficient (Wildman–Crippen LogP) is 24.9. The molecule has 9 heteroatoms. The van der Waals surface area contributed by atoms with Crippen molar-refractivity contribution in [1.29, 1.82) is 0 Å². The number of carbonyl (C=O) groups excluding carboxylic acids is 3. The fourth-order valence-electron chi connectivity index (χ4n) is 12.6. The molecule has 0 aliphatic heterocycles. The maximum Gasteiger partial charge on any atom is 0.306 e. The smallest absolute Gasteiger partial charge is 0.306 e. The predicted molar refractivity (Wildman–Crippen MR) is 399 cm³/mol. The molecule has 93 heavy (non-hydrogen) atoms. The van der Waals surface area contributed by atoms with Crippen molar-refractivity contribution in [2.24, 2.45) is 0 Å². The Balaban J connectivity index is 3.94. The van der Waals surface area contributed by atoms with Crippen molar-refractivity contribution in [2.75, 3.05) is 47.5 Å². The van der Waals surface area contributed by atoms with Gasteiger partial charge in [0, 0.05) is 12.8 Å². The molecule has 2 unspecified atom stereocenters. The van der Waals surface area contributed by atoms with Gasteiger partial charge in [-0.1, -0.05) is 397 Å². The fourth-order valence-corrected chi connectivity index (χ4v) is 12.6. The van der Waals surface area contributed by atoms with Crippen LogP contribution in [-0.2, 0) is 33.3 Å². The van der Waals surface area contributed by atoms with Gasteiger partial charge in [0.25, 0.3) is 0 Å². The first-order chi connectivity index (χ1) is 45.6. The lowest BCUT2D eigenvalue weighted by molar-refractivity contribution is -0.870. The van der Waals surface area contributed by atoms with Crippen LogP contribution in [0.2, 0.25) is 0 Å². The van der Waals surface area contributed by atoms with Gasteiger partial charge >= 0.3 is 11.9 Å². The number of aliphatic carboxylic acids is 1. The number of likely N-dealkylation sites (N-methyl/N-ethyl adjacent to an activating group) is 1. The van der Waals surface area contributed by atoms with Gasteiger partial charge in [0.2, 0.25) is 0 Å². The summed E-state index contributed by atoms with van der Waals surface area (Å²) < 4.78 is 22.9. The number of ether oxygens (including phenoxy) is 4. The first-order valence-corrected chi connectivity index (χ1v) is 41.1. The second kappa shape index (κ2) is 75.3. The standard InChI is InChI=1S/C84H159NO8/c1-6-8-10-12-14-16-18-20-22-24-26-28-30-32-34-36-37-38-39-40-41-42-43-44-45-47-48-50-52-54-56-58-60-62-64-66-68-70-72-74-81(86)91-78-80(79-92-84(83(88)89)90-77-76-85(3,4)5)93-82(87)75-73-71-69-67-65-63-61-59-57-55-53-51-49-46-35-33-31-29-27-25-23-21-19-17-15-13-11-9-7-2/h19,21,25,27,31,33,80,84H,6-18,20,22-24,26,28-30,32,34-79H2,1-5H3/b21-19-,27-25-,33-31-. The van der Waals surface area contributed by atoms with Crippen LogP contribution in [0, 0.1) is 0 Å². The molecule has 9 nitrogen and oxygen atoms in total. The molecule has 0 spiro atoms. The topological polar surface area (TPSA) is 111 Å². The highest BCUT2D eigenvalue weighted by Crippen LogP contribution is 2.20. The minimum absolute atomic E-state index is 0.150. The molecule has 0 saturated carbocycles. The highest BCUT2D eigenvalue weighted by Gasteiger charge is 2.22. The van der Waals surface area contributed by atoms with E-state index in [0.717, 1.165) is 44.9 Å². The van der Waals surface area contributed by atoms with E-state index in [9.17, 15) is 19.5 Å². The number of carboxylic acids is 1. The van der Waals surface area contributed by atoms with Crippen LogP contribution in [0.15, 0.2) is 36.5 Å². The number of nitrogens with zero attached hydrogens (tertiary/aromatic N) is 1. The van der Waals surface area contributed by atoms with E-state index in [1.165, 1.54) is 347 Å². The van der Waals surface area contributed by atoms with E-state index in [-0.39, 0.29) is 32.2 Å². The van der Waals surface area contributed by atoms with Crippen LogP contribution in [-0.4, -0.2) is 82.3 Å². The SMILES string of the molecule is CCCCCCC/C=C\C/C=C\C/C=C\CCCCCCCCCCCCCCCCC(=O)OC(COC(=O)CCCCCCCCCCCCCCCCCCCCCCCCCCCCCCCCCCCCCCCCC)COC(OCC[N+](C)(C)C)C(=O)[O-]. The highest BCUT2D eigenvalue weighted by atomic mass is 16.7. The molecule has 0 radical (unpaired) electrons. The van der Waals surface area contributed by atoms with Crippen LogP contribution < -0.4 is 5.11 Å². The van der Waals surface area contributed by atoms with Crippen LogP contribution in [0.1, 0.15) is 425 Å². The van der Waals surface area contributed by atoms with Crippen molar-refractivity contribution in [1.82, 2.24) is 0 Å². The van der Waals surface area contributed by atoms with Gasteiger partial charge < -0.3 is 33.3 Å². The van der Waals surface area contributed by atoms with Crippen LogP contribution >= 0.6 is 0 Å². The van der Waals surface area contributed by atoms with Gasteiger partial charge in [-0.3, -0.25) is 9.59 Å². The van der Waals surface area contributed by atoms with Gasteiger partial charge in [0.15, 0.2) is 12.4 Å². The molecule has 0 bridgehead atoms. The zero-order valence-corrected chi connectivity index (χ0v) is 62.9. The molecule has 0 saturated heterocycles. The minimum atomic E-state index is -1.62. The van der Waals surface area contributed by atoms with Crippen LogP contribution in [0.4, 0.5) is 0 Å². The minimum Gasteiger partial charge on any atom is -0.545 e. The number of esters is 2. The summed E-state index contributed by atoms with van der Waals surface area (Å²) in [6.07, 6.45) is 94.3. The molecule has 0 aromatic rings. The molecule has 0 rings (SSSR count). The lowest BCUT2D eigenvalue weighted by Gasteiger charge is -2.26. The van der Waals surface area contributed by atoms with Crippen molar-refractivity contribution in [3.05, 3.63) is 36.5 Å². The van der Waals surface area contributed by atoms with Crippen molar-refractivity contribution in [3.8, 4) is 0 Å². The zero-order chi connectivity index (χ0) is 67.5. The Morgan fingerprint density at radius 2 is 0.581 bits per heavy atom. The lowest BCUT2D eigenvalue weighted by Crippen LogP contribution is -2.44. The van der Waals surface area contributed by atoms with E-state index in [0.29, 0.717) is 23.9 Å². The first-order valence-electron chi connectivity index (χ1n) is 41.1. The third-order valence-electron chi connectivity index (χ3n) is 18.9. The number of allylic oxidation sites excluding steroid dienone is 6. The summed E-state index contributed by atoms with van der Waals surface area (Å²) in [7, 11) is 5.95. The van der Waals surface area contributed by atoms with E-state index in [4.69, 9.17) is 18.9 Å². The molecule has 0 aromatic heterocycles. The van der Waals surface area contributed by atoms with Gasteiger partial charge in [0.1, 0.15) is 13.2 Å². The Morgan fingerprint density at radius 1 is 0.323 bits per heavy atom. The second-order valence-electron chi connectivity index (χ2n) is 29.4. The normalized spacial score (nSPS) is 12.7. The molecule has 0 heterocycles. The summed E-state index contributed by atoms with van der Waals surface area (Å²) in [5.41, 5.74) is 0. The van der Waals surface area contributed by atoms with E-state index in [2.05, 4.69) is 50.3 Å². The van der Waals surface area contributed by atoms with Gasteiger partial charge in [-0.15, -0.1) is 0 Å². The summed E-state index contributed by atoms with van der Waals surface area (Å²) >= 11 is 0. The number of carbonyl (C=O) groups is 3. The van der Waals surface area contributed by atoms with Crippen LogP contribution in [0.5, 0.6) is 0 Å². The average molecular weight is 1310 g/mol. The average Bonchev–Trinajstić information content (AvgIpc) is 3.74. The summed E-state index contributed by atoms with van der Waals surface area (Å²) in [5.74, 6) is -2.25. The van der Waals surface area contributed by atoms with Gasteiger partial charge in [-0.05, 0) is 51.4 Å². The number of unbranched alkanes of at least 4 members (excludes halogenated alkanes) is 57. The van der Waals surface area contributed by atoms with E-state index < -0.39 is 24.3 Å². The monoisotopic (exact) mass is 1310 g/mol. The maximum atomic E-state index is 13.0. The molecule has 548 valence electrons.